The van der Waals surface area contributed by atoms with Gasteiger partial charge in [0.15, 0.2) is 11.6 Å². The van der Waals surface area contributed by atoms with Crippen LogP contribution in [-0.2, 0) is 22.1 Å². The molecular formula is C15H16FN3O6S. The number of rotatable bonds is 3. The first-order valence-electron chi connectivity index (χ1n) is 7.58. The highest BCUT2D eigenvalue weighted by molar-refractivity contribution is 7.92. The van der Waals surface area contributed by atoms with Crippen LogP contribution in [-0.4, -0.2) is 36.6 Å². The van der Waals surface area contributed by atoms with Crippen molar-refractivity contribution in [2.45, 2.75) is 20.0 Å². The number of carbonyl (C=O) groups excluding carboxylic acids is 1. The number of aromatic hydroxyl groups is 1. The molecule has 1 fully saturated rings. The maximum absolute atomic E-state index is 15.1. The van der Waals surface area contributed by atoms with Gasteiger partial charge in [-0.1, -0.05) is 0 Å². The summed E-state index contributed by atoms with van der Waals surface area (Å²) in [6.07, 6.45) is -0.347. The molecule has 2 N–H and O–H groups in total. The Morgan fingerprint density at radius 1 is 1.31 bits per heavy atom. The Labute approximate surface area is 147 Å². The largest absolute Gasteiger partial charge is 0.506 e. The molecule has 1 aliphatic heterocycles. The predicted octanol–water partition coefficient (Wildman–Crippen LogP) is 0.351. The molecule has 1 amide bonds. The number of hydrogen-bond acceptors (Lipinski definition) is 6. The molecule has 0 unspecified atom stereocenters. The van der Waals surface area contributed by atoms with Crippen molar-refractivity contribution in [1.29, 1.82) is 0 Å². The number of halogens is 1. The normalized spacial score (nSPS) is 16.3. The zero-order valence-electron chi connectivity index (χ0n) is 14.1. The van der Waals surface area contributed by atoms with E-state index in [4.69, 9.17) is 4.74 Å². The molecule has 0 spiro atoms. The molecule has 0 aliphatic carbocycles. The number of amides is 1. The highest BCUT2D eigenvalue weighted by Crippen LogP contribution is 2.38. The Hall–Kier alpha value is -2.82. The first-order chi connectivity index (χ1) is 12.0. The number of hydrogen-bond donors (Lipinski definition) is 2. The first-order valence-corrected chi connectivity index (χ1v) is 9.02. The number of nitrogens with zero attached hydrogens (tertiary/aromatic N) is 2. The van der Waals surface area contributed by atoms with Crippen LogP contribution in [0.3, 0.4) is 0 Å². The summed E-state index contributed by atoms with van der Waals surface area (Å²) in [5.41, 5.74) is -1.17. The van der Waals surface area contributed by atoms with Crippen molar-refractivity contribution < 1.29 is 27.4 Å². The van der Waals surface area contributed by atoms with Gasteiger partial charge in [0.2, 0.25) is 0 Å². The van der Waals surface area contributed by atoms with Crippen molar-refractivity contribution in [2.24, 2.45) is 7.05 Å². The maximum atomic E-state index is 15.1. The summed E-state index contributed by atoms with van der Waals surface area (Å²) in [7, 11) is -2.95. The van der Waals surface area contributed by atoms with Crippen molar-refractivity contribution in [3.8, 4) is 11.5 Å². The second kappa shape index (κ2) is 5.87. The minimum atomic E-state index is -4.32. The van der Waals surface area contributed by atoms with Gasteiger partial charge in [-0.05, 0) is 19.9 Å². The van der Waals surface area contributed by atoms with Crippen LogP contribution in [0, 0.1) is 5.82 Å². The third kappa shape index (κ3) is 2.73. The number of phenolic OH excluding ortho intramolecular Hbond substituents is 1. The van der Waals surface area contributed by atoms with E-state index in [1.165, 1.54) is 7.05 Å². The van der Waals surface area contributed by atoms with Gasteiger partial charge < -0.3 is 14.4 Å². The van der Waals surface area contributed by atoms with E-state index in [1.54, 1.807) is 18.6 Å². The van der Waals surface area contributed by atoms with Crippen LogP contribution < -0.4 is 19.3 Å². The Morgan fingerprint density at radius 3 is 2.50 bits per heavy atom. The topological polar surface area (TPSA) is 118 Å². The van der Waals surface area contributed by atoms with E-state index in [0.717, 1.165) is 16.7 Å². The van der Waals surface area contributed by atoms with E-state index in [9.17, 15) is 23.1 Å². The summed E-state index contributed by atoms with van der Waals surface area (Å²) in [5.74, 6) is -2.79. The Balaban J connectivity index is 2.32. The lowest BCUT2D eigenvalue weighted by Crippen LogP contribution is -2.30. The van der Waals surface area contributed by atoms with E-state index >= 15 is 4.39 Å². The Morgan fingerprint density at radius 2 is 1.96 bits per heavy atom. The number of carbonyl (C=O) groups is 1. The smallest absolute Gasteiger partial charge is 0.326 e. The van der Waals surface area contributed by atoms with Crippen molar-refractivity contribution in [1.82, 2.24) is 9.29 Å². The lowest BCUT2D eigenvalue weighted by Gasteiger charge is -2.19. The van der Waals surface area contributed by atoms with Gasteiger partial charge in [0.1, 0.15) is 18.0 Å². The summed E-state index contributed by atoms with van der Waals surface area (Å²) < 4.78 is 47.7. The van der Waals surface area contributed by atoms with E-state index in [0.29, 0.717) is 4.31 Å². The Bertz CT molecular complexity index is 1090. The molecule has 1 saturated heterocycles. The minimum Gasteiger partial charge on any atom is -0.506 e. The minimum absolute atomic E-state index is 0.0423. The van der Waals surface area contributed by atoms with Crippen LogP contribution in [0.2, 0.25) is 0 Å². The zero-order chi connectivity index (χ0) is 19.4. The fourth-order valence-corrected chi connectivity index (χ4v) is 3.90. The zero-order valence-corrected chi connectivity index (χ0v) is 14.9. The SMILES string of the molecule is CC(C)Oc1cc2c(F)c(N3CC(=O)NS3(=O)=O)c(O)cc2n(C)c1=O. The van der Waals surface area contributed by atoms with Gasteiger partial charge in [-0.25, -0.2) is 13.4 Å². The van der Waals surface area contributed by atoms with Crippen molar-refractivity contribution >= 4 is 32.7 Å². The van der Waals surface area contributed by atoms with Gasteiger partial charge in [-0.2, -0.15) is 8.42 Å². The molecule has 9 nitrogen and oxygen atoms in total. The van der Waals surface area contributed by atoms with Crippen molar-refractivity contribution in [3.63, 3.8) is 0 Å². The molecule has 0 radical (unpaired) electrons. The summed E-state index contributed by atoms with van der Waals surface area (Å²) in [4.78, 5) is 23.7. The molecule has 1 aromatic carbocycles. The molecular weight excluding hydrogens is 369 g/mol. The number of aryl methyl sites for hydroxylation is 1. The second-order valence-corrected chi connectivity index (χ2v) is 7.66. The van der Waals surface area contributed by atoms with Gasteiger partial charge in [-0.3, -0.25) is 9.59 Å². The number of anilines is 1. The molecule has 140 valence electrons. The second-order valence-electron chi connectivity index (χ2n) is 6.07. The fourth-order valence-electron chi connectivity index (χ4n) is 2.73. The average molecular weight is 385 g/mol. The van der Waals surface area contributed by atoms with E-state index < -0.39 is 45.5 Å². The molecule has 1 aliphatic rings. The molecule has 2 heterocycles. The summed E-state index contributed by atoms with van der Waals surface area (Å²) >= 11 is 0. The number of benzene rings is 1. The van der Waals surface area contributed by atoms with E-state index in [2.05, 4.69) is 0 Å². The van der Waals surface area contributed by atoms with Crippen molar-refractivity contribution in [2.75, 3.05) is 10.8 Å². The van der Waals surface area contributed by atoms with Gasteiger partial charge in [0, 0.05) is 18.5 Å². The van der Waals surface area contributed by atoms with Crippen LogP contribution in [0.5, 0.6) is 11.5 Å². The average Bonchev–Trinajstić information content (AvgIpc) is 2.78. The molecule has 26 heavy (non-hydrogen) atoms. The predicted molar refractivity (Wildman–Crippen MR) is 91.0 cm³/mol. The van der Waals surface area contributed by atoms with Gasteiger partial charge >= 0.3 is 10.2 Å². The fraction of sp³-hybridized carbons (Fsp3) is 0.333. The number of ether oxygens (including phenoxy) is 1. The molecule has 0 bridgehead atoms. The van der Waals surface area contributed by atoms with Gasteiger partial charge in [-0.15, -0.1) is 0 Å². The first kappa shape index (κ1) is 18.0. The van der Waals surface area contributed by atoms with E-state index in [1.807, 2.05) is 0 Å². The molecule has 2 aromatic rings. The number of fused-ring (bicyclic) bond motifs is 1. The highest BCUT2D eigenvalue weighted by atomic mass is 32.2. The van der Waals surface area contributed by atoms with Gasteiger partial charge in [0.25, 0.3) is 11.5 Å². The lowest BCUT2D eigenvalue weighted by atomic mass is 10.1. The summed E-state index contributed by atoms with van der Waals surface area (Å²) in [6.45, 7) is 2.71. The van der Waals surface area contributed by atoms with Crippen LogP contribution in [0.4, 0.5) is 10.1 Å². The standard InChI is InChI=1S/C15H16FN3O6S/c1-7(2)25-11-4-8-9(18(3)15(11)22)5-10(20)14(13(8)16)19-6-12(21)17-26(19,23)24/h4-5,7,20H,6H2,1-3H3,(H,17,21). The van der Waals surface area contributed by atoms with Crippen molar-refractivity contribution in [3.05, 3.63) is 28.3 Å². The number of pyridine rings is 1. The number of aromatic nitrogens is 1. The maximum Gasteiger partial charge on any atom is 0.326 e. The molecule has 0 atom stereocenters. The molecule has 0 saturated carbocycles. The van der Waals surface area contributed by atoms with E-state index in [-0.39, 0.29) is 22.8 Å². The summed E-state index contributed by atoms with van der Waals surface area (Å²) in [5, 5.41) is 10.0. The highest BCUT2D eigenvalue weighted by Gasteiger charge is 2.38. The Kier molecular flexibility index (Phi) is 4.06. The third-order valence-corrected chi connectivity index (χ3v) is 5.20. The number of nitrogens with one attached hydrogen (secondary N) is 1. The lowest BCUT2D eigenvalue weighted by molar-refractivity contribution is -0.117. The molecule has 3 rings (SSSR count). The van der Waals surface area contributed by atoms with Gasteiger partial charge in [0.05, 0.1) is 11.6 Å². The molecule has 11 heteroatoms. The van der Waals surface area contributed by atoms with Crippen LogP contribution >= 0.6 is 0 Å². The summed E-state index contributed by atoms with van der Waals surface area (Å²) in [6, 6.07) is 2.21. The number of phenols is 1. The van der Waals surface area contributed by atoms with Crippen LogP contribution in [0.25, 0.3) is 10.9 Å². The molecule has 1 aromatic heterocycles. The third-order valence-electron chi connectivity index (χ3n) is 3.82. The van der Waals surface area contributed by atoms with Crippen LogP contribution in [0.1, 0.15) is 13.8 Å². The van der Waals surface area contributed by atoms with Crippen LogP contribution in [0.15, 0.2) is 16.9 Å². The quantitative estimate of drug-likeness (QED) is 0.787. The monoisotopic (exact) mass is 385 g/mol.